The van der Waals surface area contributed by atoms with Crippen molar-refractivity contribution in [2.24, 2.45) is 0 Å². The minimum absolute atomic E-state index is 0.385. The van der Waals surface area contributed by atoms with E-state index in [1.807, 2.05) is 12.1 Å². The molecule has 0 amide bonds. The second-order valence-corrected chi connectivity index (χ2v) is 5.17. The number of anilines is 3. The van der Waals surface area contributed by atoms with Gasteiger partial charge >= 0.3 is 0 Å². The molecule has 2 aromatic rings. The molecule has 0 radical (unpaired) electrons. The molecule has 5 N–H and O–H groups in total. The molecule has 0 fully saturated rings. The van der Waals surface area contributed by atoms with E-state index < -0.39 is 0 Å². The summed E-state index contributed by atoms with van der Waals surface area (Å²) in [6.45, 7) is 3.02. The fourth-order valence-electron chi connectivity index (χ4n) is 1.63. The third-order valence-electron chi connectivity index (χ3n) is 2.54. The van der Waals surface area contributed by atoms with Gasteiger partial charge in [-0.1, -0.05) is 24.8 Å². The summed E-state index contributed by atoms with van der Waals surface area (Å²) >= 11 is 1.49. The molecule has 2 rings (SSSR count). The number of nitrogens with zero attached hydrogens (tertiary/aromatic N) is 3. The monoisotopic (exact) mass is 290 g/mol. The molecule has 0 aromatic carbocycles. The maximum Gasteiger partial charge on any atom is 0.191 e. The Morgan fingerprint density at radius 1 is 1.25 bits per heavy atom. The molecule has 0 saturated heterocycles. The normalized spacial score (nSPS) is 10.4. The highest BCUT2D eigenvalue weighted by molar-refractivity contribution is 7.98. The van der Waals surface area contributed by atoms with Gasteiger partial charge in [0.25, 0.3) is 0 Å². The molecule has 106 valence electrons. The van der Waals surface area contributed by atoms with E-state index in [0.29, 0.717) is 22.5 Å². The van der Waals surface area contributed by atoms with Crippen LogP contribution >= 0.6 is 11.8 Å². The summed E-state index contributed by atoms with van der Waals surface area (Å²) in [5.41, 5.74) is 12.4. The number of hydrogen-bond acceptors (Lipinski definition) is 7. The molecule has 0 spiro atoms. The molecule has 0 bridgehead atoms. The fourth-order valence-corrected chi connectivity index (χ4v) is 2.48. The van der Waals surface area contributed by atoms with Gasteiger partial charge in [-0.2, -0.15) is 0 Å². The highest BCUT2D eigenvalue weighted by Crippen LogP contribution is 2.24. The molecule has 0 saturated carbocycles. The first-order valence-electron chi connectivity index (χ1n) is 6.39. The third-order valence-corrected chi connectivity index (χ3v) is 3.43. The molecule has 2 aromatic heterocycles. The number of nitrogens with one attached hydrogen (secondary N) is 1. The first-order chi connectivity index (χ1) is 9.69. The zero-order chi connectivity index (χ0) is 14.4. The summed E-state index contributed by atoms with van der Waals surface area (Å²) in [6, 6.07) is 5.50. The summed E-state index contributed by atoms with van der Waals surface area (Å²) in [7, 11) is 0. The van der Waals surface area contributed by atoms with E-state index in [1.54, 1.807) is 12.3 Å². The number of rotatable bonds is 6. The van der Waals surface area contributed by atoms with Crippen LogP contribution in [0.25, 0.3) is 0 Å². The van der Waals surface area contributed by atoms with Gasteiger partial charge in [0.2, 0.25) is 0 Å². The van der Waals surface area contributed by atoms with Crippen LogP contribution in [0.1, 0.15) is 18.9 Å². The van der Waals surface area contributed by atoms with E-state index in [4.69, 9.17) is 11.5 Å². The lowest BCUT2D eigenvalue weighted by molar-refractivity contribution is 0.963. The summed E-state index contributed by atoms with van der Waals surface area (Å²) in [4.78, 5) is 12.6. The second-order valence-electron chi connectivity index (χ2n) is 4.23. The van der Waals surface area contributed by atoms with Crippen molar-refractivity contribution >= 4 is 29.2 Å². The number of nitrogens with two attached hydrogens (primary N) is 2. The van der Waals surface area contributed by atoms with Crippen LogP contribution in [-0.2, 0) is 5.75 Å². The smallest absolute Gasteiger partial charge is 0.191 e. The minimum Gasteiger partial charge on any atom is -0.383 e. The lowest BCUT2D eigenvalue weighted by Gasteiger charge is -2.09. The van der Waals surface area contributed by atoms with Crippen molar-refractivity contribution in [2.75, 3.05) is 23.3 Å². The van der Waals surface area contributed by atoms with E-state index >= 15 is 0 Å². The molecule has 6 nitrogen and oxygen atoms in total. The first kappa shape index (κ1) is 14.4. The van der Waals surface area contributed by atoms with Gasteiger partial charge in [-0.25, -0.2) is 15.0 Å². The van der Waals surface area contributed by atoms with Crippen LogP contribution in [0.3, 0.4) is 0 Å². The van der Waals surface area contributed by atoms with Crippen molar-refractivity contribution in [3.63, 3.8) is 0 Å². The average Bonchev–Trinajstić information content (AvgIpc) is 2.43. The highest BCUT2D eigenvalue weighted by Gasteiger charge is 2.06. The third kappa shape index (κ3) is 3.99. The van der Waals surface area contributed by atoms with Crippen molar-refractivity contribution < 1.29 is 0 Å². The maximum atomic E-state index is 5.65. The topological polar surface area (TPSA) is 103 Å². The number of aromatic nitrogens is 3. The first-order valence-corrected chi connectivity index (χ1v) is 7.38. The number of nitrogen functional groups attached to an aromatic ring is 2. The Hall–Kier alpha value is -2.02. The molecule has 20 heavy (non-hydrogen) atoms. The Labute approximate surface area is 122 Å². The van der Waals surface area contributed by atoms with Crippen molar-refractivity contribution in [1.82, 2.24) is 15.0 Å². The fraction of sp³-hybridized carbons (Fsp3) is 0.308. The standard InChI is InChI=1S/C13H18N6S/c1-2-5-16-12-9(4-3-6-17-12)8-20-13-18-10(14)7-11(15)19-13/h3-4,6-7H,2,5,8H2,1H3,(H,16,17)(H4,14,15,18,19). The van der Waals surface area contributed by atoms with E-state index in [-0.39, 0.29) is 0 Å². The zero-order valence-electron chi connectivity index (χ0n) is 11.3. The SMILES string of the molecule is CCCNc1ncccc1CSc1nc(N)cc(N)n1. The van der Waals surface area contributed by atoms with Crippen LogP contribution < -0.4 is 16.8 Å². The van der Waals surface area contributed by atoms with Gasteiger partial charge in [0.15, 0.2) is 5.16 Å². The van der Waals surface area contributed by atoms with Crippen molar-refractivity contribution in [1.29, 1.82) is 0 Å². The molecule has 7 heteroatoms. The largest absolute Gasteiger partial charge is 0.383 e. The Balaban J connectivity index is 2.06. The Bertz CT molecular complexity index is 554. The van der Waals surface area contributed by atoms with Gasteiger partial charge < -0.3 is 16.8 Å². The Morgan fingerprint density at radius 3 is 2.70 bits per heavy atom. The van der Waals surface area contributed by atoms with Gasteiger partial charge in [0.05, 0.1) is 0 Å². The quantitative estimate of drug-likeness (QED) is 0.553. The van der Waals surface area contributed by atoms with Crippen LogP contribution in [0.4, 0.5) is 17.5 Å². The second kappa shape index (κ2) is 6.95. The van der Waals surface area contributed by atoms with Crippen LogP contribution in [0, 0.1) is 0 Å². The van der Waals surface area contributed by atoms with Gasteiger partial charge in [-0.15, -0.1) is 0 Å². The van der Waals surface area contributed by atoms with Crippen LogP contribution in [0.2, 0.25) is 0 Å². The van der Waals surface area contributed by atoms with Crippen molar-refractivity contribution in [2.45, 2.75) is 24.3 Å². The summed E-state index contributed by atoms with van der Waals surface area (Å²) in [5.74, 6) is 2.38. The predicted molar refractivity (Wildman–Crippen MR) is 83.4 cm³/mol. The molecule has 0 aliphatic heterocycles. The van der Waals surface area contributed by atoms with E-state index in [1.165, 1.54) is 11.8 Å². The average molecular weight is 290 g/mol. The van der Waals surface area contributed by atoms with E-state index in [0.717, 1.165) is 24.3 Å². The van der Waals surface area contributed by atoms with Crippen LogP contribution in [-0.4, -0.2) is 21.5 Å². The van der Waals surface area contributed by atoms with Gasteiger partial charge in [-0.05, 0) is 12.5 Å². The molecule has 0 aliphatic carbocycles. The molecular weight excluding hydrogens is 272 g/mol. The predicted octanol–water partition coefficient (Wildman–Crippen LogP) is 2.15. The molecule has 0 aliphatic rings. The lowest BCUT2D eigenvalue weighted by atomic mass is 10.3. The van der Waals surface area contributed by atoms with Crippen molar-refractivity contribution in [3.8, 4) is 0 Å². The molecule has 0 atom stereocenters. The van der Waals surface area contributed by atoms with Crippen LogP contribution in [0.15, 0.2) is 29.6 Å². The van der Waals surface area contributed by atoms with E-state index in [9.17, 15) is 0 Å². The number of hydrogen-bond donors (Lipinski definition) is 3. The summed E-state index contributed by atoms with van der Waals surface area (Å²) in [6.07, 6.45) is 2.83. The Kier molecular flexibility index (Phi) is 5.00. The summed E-state index contributed by atoms with van der Waals surface area (Å²) in [5, 5.41) is 3.88. The highest BCUT2D eigenvalue weighted by atomic mass is 32.2. The number of thioether (sulfide) groups is 1. The summed E-state index contributed by atoms with van der Waals surface area (Å²) < 4.78 is 0. The molecule has 0 unspecified atom stereocenters. The van der Waals surface area contributed by atoms with E-state index in [2.05, 4.69) is 27.2 Å². The molecule has 2 heterocycles. The number of pyridine rings is 1. The van der Waals surface area contributed by atoms with Gasteiger partial charge in [-0.3, -0.25) is 0 Å². The van der Waals surface area contributed by atoms with Crippen LogP contribution in [0.5, 0.6) is 0 Å². The lowest BCUT2D eigenvalue weighted by Crippen LogP contribution is -2.05. The molecular formula is C13H18N6S. The maximum absolute atomic E-state index is 5.65. The van der Waals surface area contributed by atoms with Gasteiger partial charge in [0, 0.05) is 30.1 Å². The van der Waals surface area contributed by atoms with Crippen molar-refractivity contribution in [3.05, 3.63) is 30.0 Å². The Morgan fingerprint density at radius 2 is 2.00 bits per heavy atom. The van der Waals surface area contributed by atoms with Gasteiger partial charge in [0.1, 0.15) is 17.5 Å². The minimum atomic E-state index is 0.385. The zero-order valence-corrected chi connectivity index (χ0v) is 12.2.